The number of hydrogen-bond acceptors (Lipinski definition) is 5. The van der Waals surface area contributed by atoms with Crippen molar-refractivity contribution in [3.8, 4) is 11.3 Å². The summed E-state index contributed by atoms with van der Waals surface area (Å²) in [4.78, 5) is 22.9. The minimum atomic E-state index is -0.173. The van der Waals surface area contributed by atoms with Gasteiger partial charge in [-0.2, -0.15) is 11.3 Å². The Labute approximate surface area is 112 Å². The van der Waals surface area contributed by atoms with Gasteiger partial charge in [0.25, 0.3) is 0 Å². The first kappa shape index (κ1) is 11.7. The predicted octanol–water partition coefficient (Wildman–Crippen LogP) is 1.64. The van der Waals surface area contributed by atoms with Crippen molar-refractivity contribution >= 4 is 22.9 Å². The van der Waals surface area contributed by atoms with Gasteiger partial charge in [0.2, 0.25) is 0 Å². The molecular weight excluding hydrogens is 262 g/mol. The second kappa shape index (κ2) is 4.74. The van der Waals surface area contributed by atoms with E-state index in [9.17, 15) is 9.59 Å². The van der Waals surface area contributed by atoms with Gasteiger partial charge in [-0.05, 0) is 29.7 Å². The Kier molecular flexibility index (Phi) is 2.92. The van der Waals surface area contributed by atoms with E-state index in [0.29, 0.717) is 5.57 Å². The minimum Gasteiger partial charge on any atom is -0.290 e. The molecule has 2 aromatic heterocycles. The highest BCUT2D eigenvalue weighted by molar-refractivity contribution is 7.08. The van der Waals surface area contributed by atoms with Crippen molar-refractivity contribution in [2.45, 2.75) is 6.54 Å². The second-order valence-electron chi connectivity index (χ2n) is 4.08. The molecule has 3 rings (SSSR count). The smallest absolute Gasteiger partial charge is 0.183 e. The zero-order chi connectivity index (χ0) is 13.2. The Balaban J connectivity index is 1.81. The number of nitrogens with zero attached hydrogens (tertiary/aromatic N) is 3. The fraction of sp³-hybridized carbons (Fsp3) is 0.0769. The lowest BCUT2D eigenvalue weighted by Crippen LogP contribution is -2.13. The predicted molar refractivity (Wildman–Crippen MR) is 70.6 cm³/mol. The lowest BCUT2D eigenvalue weighted by Gasteiger charge is -2.05. The lowest BCUT2D eigenvalue weighted by molar-refractivity contribution is -0.114. The molecule has 94 valence electrons. The van der Waals surface area contributed by atoms with Crippen molar-refractivity contribution in [3.63, 3.8) is 0 Å². The quantitative estimate of drug-likeness (QED) is 0.796. The maximum atomic E-state index is 11.6. The molecule has 0 bridgehead atoms. The number of rotatable bonds is 3. The molecule has 0 atom stereocenters. The summed E-state index contributed by atoms with van der Waals surface area (Å²) in [7, 11) is 0. The summed E-state index contributed by atoms with van der Waals surface area (Å²) < 4.78 is 1.56. The van der Waals surface area contributed by atoms with Gasteiger partial charge < -0.3 is 0 Å². The summed E-state index contributed by atoms with van der Waals surface area (Å²) >= 11 is 1.58. The van der Waals surface area contributed by atoms with Crippen LogP contribution in [0.15, 0.2) is 46.8 Å². The average Bonchev–Trinajstić information content (AvgIpc) is 3.04. The van der Waals surface area contributed by atoms with Gasteiger partial charge in [-0.15, -0.1) is 5.10 Å². The van der Waals surface area contributed by atoms with E-state index in [0.717, 1.165) is 11.3 Å². The summed E-state index contributed by atoms with van der Waals surface area (Å²) in [6.07, 6.45) is 5.66. The summed E-state index contributed by atoms with van der Waals surface area (Å²) in [6.45, 7) is 0.256. The summed E-state index contributed by atoms with van der Waals surface area (Å²) in [6, 6.07) is 1.95. The molecule has 0 unspecified atom stereocenters. The maximum absolute atomic E-state index is 11.6. The van der Waals surface area contributed by atoms with Gasteiger partial charge in [0.05, 0.1) is 12.7 Å². The van der Waals surface area contributed by atoms with Crippen molar-refractivity contribution in [1.29, 1.82) is 0 Å². The van der Waals surface area contributed by atoms with E-state index in [1.165, 1.54) is 18.2 Å². The largest absolute Gasteiger partial charge is 0.290 e. The molecule has 0 aliphatic heterocycles. The van der Waals surface area contributed by atoms with E-state index in [-0.39, 0.29) is 18.1 Å². The first-order chi connectivity index (χ1) is 9.22. The van der Waals surface area contributed by atoms with Gasteiger partial charge in [0.15, 0.2) is 11.6 Å². The third-order valence-electron chi connectivity index (χ3n) is 2.72. The van der Waals surface area contributed by atoms with Crippen LogP contribution < -0.4 is 0 Å². The van der Waals surface area contributed by atoms with Crippen LogP contribution in [0.3, 0.4) is 0 Å². The topological polar surface area (TPSA) is 64.8 Å². The Hall–Kier alpha value is -2.34. The average molecular weight is 271 g/mol. The van der Waals surface area contributed by atoms with Crippen LogP contribution >= 0.6 is 11.3 Å². The van der Waals surface area contributed by atoms with Crippen LogP contribution in [0.25, 0.3) is 11.3 Å². The van der Waals surface area contributed by atoms with Crippen LogP contribution in [0.4, 0.5) is 0 Å². The van der Waals surface area contributed by atoms with E-state index in [4.69, 9.17) is 0 Å². The van der Waals surface area contributed by atoms with E-state index in [1.54, 1.807) is 22.2 Å². The summed E-state index contributed by atoms with van der Waals surface area (Å²) in [5.74, 6) is -0.333. The normalized spacial score (nSPS) is 14.8. The van der Waals surface area contributed by atoms with E-state index in [1.807, 2.05) is 16.8 Å². The Bertz CT molecular complexity index is 695. The molecule has 1 aliphatic rings. The zero-order valence-corrected chi connectivity index (χ0v) is 10.6. The standard InChI is InChI=1S/C13H9N3O2S/c17-11-1-2-13(18)10(5-11)6-16-7-12(14-15-16)9-3-4-19-8-9/h1-5,7-8H,6H2. The van der Waals surface area contributed by atoms with Crippen LogP contribution in [0, 0.1) is 0 Å². The van der Waals surface area contributed by atoms with Crippen LogP contribution in [0.2, 0.25) is 0 Å². The Morgan fingerprint density at radius 2 is 2.16 bits per heavy atom. The van der Waals surface area contributed by atoms with E-state index >= 15 is 0 Å². The first-order valence-electron chi connectivity index (χ1n) is 5.62. The molecule has 19 heavy (non-hydrogen) atoms. The van der Waals surface area contributed by atoms with Crippen molar-refractivity contribution < 1.29 is 9.59 Å². The number of ketones is 2. The molecule has 0 fully saturated rings. The monoisotopic (exact) mass is 271 g/mol. The molecule has 2 heterocycles. The molecule has 0 amide bonds. The van der Waals surface area contributed by atoms with Gasteiger partial charge in [0.1, 0.15) is 5.69 Å². The highest BCUT2D eigenvalue weighted by atomic mass is 32.1. The fourth-order valence-corrected chi connectivity index (χ4v) is 2.42. The molecule has 0 saturated carbocycles. The van der Waals surface area contributed by atoms with Gasteiger partial charge in [-0.25, -0.2) is 4.68 Å². The third kappa shape index (κ3) is 2.43. The minimum absolute atomic E-state index is 0.160. The van der Waals surface area contributed by atoms with Crippen LogP contribution in [-0.4, -0.2) is 26.6 Å². The number of hydrogen-bond donors (Lipinski definition) is 0. The third-order valence-corrected chi connectivity index (χ3v) is 3.40. The summed E-state index contributed by atoms with van der Waals surface area (Å²) in [5.41, 5.74) is 2.18. The molecule has 2 aromatic rings. The van der Waals surface area contributed by atoms with Gasteiger partial charge in [0, 0.05) is 16.5 Å². The van der Waals surface area contributed by atoms with Gasteiger partial charge in [-0.1, -0.05) is 5.21 Å². The SMILES string of the molecule is O=C1C=CC(=O)C(Cn2cc(-c3ccsc3)nn2)=C1. The van der Waals surface area contributed by atoms with Crippen LogP contribution in [0.1, 0.15) is 0 Å². The zero-order valence-electron chi connectivity index (χ0n) is 9.81. The summed E-state index contributed by atoms with van der Waals surface area (Å²) in [5, 5.41) is 12.0. The first-order valence-corrected chi connectivity index (χ1v) is 6.56. The maximum Gasteiger partial charge on any atom is 0.183 e. The van der Waals surface area contributed by atoms with Crippen molar-refractivity contribution in [2.75, 3.05) is 0 Å². The molecule has 0 saturated heterocycles. The molecular formula is C13H9N3O2S. The number of carbonyl (C=O) groups excluding carboxylic acids is 2. The molecule has 1 aliphatic carbocycles. The van der Waals surface area contributed by atoms with Crippen LogP contribution in [0.5, 0.6) is 0 Å². The van der Waals surface area contributed by atoms with Crippen LogP contribution in [-0.2, 0) is 16.1 Å². The van der Waals surface area contributed by atoms with E-state index in [2.05, 4.69) is 10.3 Å². The lowest BCUT2D eigenvalue weighted by atomic mass is 10.0. The van der Waals surface area contributed by atoms with E-state index < -0.39 is 0 Å². The number of allylic oxidation sites excluding steroid dienone is 4. The van der Waals surface area contributed by atoms with Crippen molar-refractivity contribution in [1.82, 2.24) is 15.0 Å². The fourth-order valence-electron chi connectivity index (χ4n) is 1.77. The molecule has 6 heteroatoms. The number of thiophene rings is 1. The van der Waals surface area contributed by atoms with Gasteiger partial charge >= 0.3 is 0 Å². The second-order valence-corrected chi connectivity index (χ2v) is 4.86. The van der Waals surface area contributed by atoms with Crippen molar-refractivity contribution in [3.05, 3.63) is 46.8 Å². The highest BCUT2D eigenvalue weighted by Gasteiger charge is 2.14. The molecule has 0 radical (unpaired) electrons. The molecule has 0 N–H and O–H groups in total. The molecule has 0 aromatic carbocycles. The highest BCUT2D eigenvalue weighted by Crippen LogP contribution is 2.19. The molecule has 5 nitrogen and oxygen atoms in total. The Morgan fingerprint density at radius 3 is 2.95 bits per heavy atom. The Morgan fingerprint density at radius 1 is 1.26 bits per heavy atom. The molecule has 0 spiro atoms. The van der Waals surface area contributed by atoms with Crippen molar-refractivity contribution in [2.24, 2.45) is 0 Å². The number of carbonyl (C=O) groups is 2. The van der Waals surface area contributed by atoms with Gasteiger partial charge in [-0.3, -0.25) is 9.59 Å². The number of aromatic nitrogens is 3.